The van der Waals surface area contributed by atoms with Crippen LogP contribution in [0.25, 0.3) is 0 Å². The van der Waals surface area contributed by atoms with Crippen molar-refractivity contribution in [3.05, 3.63) is 52.6 Å². The second kappa shape index (κ2) is 7.73. The second-order valence-electron chi connectivity index (χ2n) is 7.70. The first kappa shape index (κ1) is 22.4. The van der Waals surface area contributed by atoms with E-state index in [1.165, 1.54) is 18.0 Å². The average Bonchev–Trinajstić information content (AvgIpc) is 2.59. The Morgan fingerprint density at radius 3 is 2.57 bits per heavy atom. The number of thioether (sulfide) groups is 1. The fourth-order valence-electron chi connectivity index (χ4n) is 3.35. The lowest BCUT2D eigenvalue weighted by molar-refractivity contribution is -0.137. The summed E-state index contributed by atoms with van der Waals surface area (Å²) in [4.78, 5) is 25.0. The van der Waals surface area contributed by atoms with E-state index in [-0.39, 0.29) is 10.4 Å². The molecule has 160 valence electrons. The van der Waals surface area contributed by atoms with Gasteiger partial charge in [-0.05, 0) is 31.5 Å². The summed E-state index contributed by atoms with van der Waals surface area (Å²) in [7, 11) is 0. The van der Waals surface area contributed by atoms with Crippen molar-refractivity contribution >= 4 is 40.1 Å². The molecule has 0 saturated heterocycles. The third-order valence-electron chi connectivity index (χ3n) is 4.46. The number of hydrogen-bond acceptors (Lipinski definition) is 6. The van der Waals surface area contributed by atoms with Gasteiger partial charge in [0.2, 0.25) is 0 Å². The number of nitrogens with zero attached hydrogens (tertiary/aromatic N) is 3. The normalized spacial score (nSPS) is 21.1. The fraction of sp³-hybridized carbons (Fsp3) is 0.368. The summed E-state index contributed by atoms with van der Waals surface area (Å²) in [6.45, 7) is 6.02. The van der Waals surface area contributed by atoms with Crippen molar-refractivity contribution in [3.8, 4) is 0 Å². The van der Waals surface area contributed by atoms with Gasteiger partial charge >= 0.3 is 6.18 Å². The number of hydrogen-bond donors (Lipinski definition) is 2. The number of anilines is 1. The summed E-state index contributed by atoms with van der Waals surface area (Å²) in [5.74, 6) is -0.737. The van der Waals surface area contributed by atoms with Crippen molar-refractivity contribution in [3.63, 3.8) is 0 Å². The van der Waals surface area contributed by atoms with Crippen LogP contribution in [0.2, 0.25) is 5.02 Å². The van der Waals surface area contributed by atoms with Crippen molar-refractivity contribution in [2.45, 2.75) is 43.7 Å². The number of alkyl halides is 3. The molecule has 0 aromatic carbocycles. The molecule has 11 heteroatoms. The van der Waals surface area contributed by atoms with E-state index in [9.17, 15) is 18.0 Å². The molecule has 30 heavy (non-hydrogen) atoms. The molecule has 6 nitrogen and oxygen atoms in total. The maximum Gasteiger partial charge on any atom is 0.417 e. The third kappa shape index (κ3) is 4.86. The van der Waals surface area contributed by atoms with Crippen LogP contribution in [0.5, 0.6) is 0 Å². The van der Waals surface area contributed by atoms with Crippen molar-refractivity contribution < 1.29 is 18.0 Å². The van der Waals surface area contributed by atoms with E-state index in [0.717, 1.165) is 0 Å². The van der Waals surface area contributed by atoms with Crippen molar-refractivity contribution in [2.75, 3.05) is 5.32 Å². The van der Waals surface area contributed by atoms with Gasteiger partial charge in [-0.2, -0.15) is 13.2 Å². The molecule has 0 unspecified atom stereocenters. The number of pyridine rings is 2. The SMILES string of the molecule is CC1(C)C[C@@](C)(c2cc(NC(=O)c3ncc(C(F)(F)F)cc3Cl)ccn2)N=C(N)S1. The highest BCUT2D eigenvalue weighted by atomic mass is 35.5. The molecule has 3 heterocycles. The van der Waals surface area contributed by atoms with Gasteiger partial charge in [0, 0.05) is 22.8 Å². The van der Waals surface area contributed by atoms with E-state index in [0.29, 0.717) is 35.2 Å². The summed E-state index contributed by atoms with van der Waals surface area (Å²) >= 11 is 7.33. The molecule has 2 aromatic rings. The van der Waals surface area contributed by atoms with Crippen molar-refractivity contribution in [1.29, 1.82) is 0 Å². The second-order valence-corrected chi connectivity index (χ2v) is 9.83. The Morgan fingerprint density at radius 2 is 1.97 bits per heavy atom. The van der Waals surface area contributed by atoms with Gasteiger partial charge in [-0.1, -0.05) is 37.2 Å². The van der Waals surface area contributed by atoms with Gasteiger partial charge in [0.05, 0.1) is 16.3 Å². The van der Waals surface area contributed by atoms with Crippen LogP contribution in [0, 0.1) is 0 Å². The van der Waals surface area contributed by atoms with Gasteiger partial charge in [0.15, 0.2) is 5.17 Å². The highest BCUT2D eigenvalue weighted by Gasteiger charge is 2.40. The summed E-state index contributed by atoms with van der Waals surface area (Å²) in [6, 6.07) is 3.87. The van der Waals surface area contributed by atoms with E-state index < -0.39 is 28.2 Å². The third-order valence-corrected chi connectivity index (χ3v) is 5.75. The molecule has 0 fully saturated rings. The number of amidine groups is 1. The van der Waals surface area contributed by atoms with Crippen LogP contribution in [0.4, 0.5) is 18.9 Å². The predicted molar refractivity (Wildman–Crippen MR) is 112 cm³/mol. The minimum atomic E-state index is -4.60. The quantitative estimate of drug-likeness (QED) is 0.687. The number of carbonyl (C=O) groups excluding carboxylic acids is 1. The van der Waals surface area contributed by atoms with Gasteiger partial charge in [0.1, 0.15) is 11.2 Å². The topological polar surface area (TPSA) is 93.3 Å². The van der Waals surface area contributed by atoms with Crippen molar-refractivity contribution in [1.82, 2.24) is 9.97 Å². The smallest absolute Gasteiger partial charge is 0.378 e. The zero-order chi connectivity index (χ0) is 22.3. The molecule has 0 spiro atoms. The first-order valence-corrected chi connectivity index (χ1v) is 10.0. The van der Waals surface area contributed by atoms with E-state index in [4.69, 9.17) is 17.3 Å². The lowest BCUT2D eigenvalue weighted by Gasteiger charge is -2.38. The lowest BCUT2D eigenvalue weighted by Crippen LogP contribution is -2.38. The Kier molecular flexibility index (Phi) is 5.76. The molecule has 0 saturated carbocycles. The van der Waals surface area contributed by atoms with E-state index >= 15 is 0 Å². The molecular weight excluding hydrogens is 439 g/mol. The summed E-state index contributed by atoms with van der Waals surface area (Å²) in [6.07, 6.45) is -1.85. The fourth-order valence-corrected chi connectivity index (χ4v) is 4.77. The van der Waals surface area contributed by atoms with Gasteiger partial charge in [0.25, 0.3) is 5.91 Å². The average molecular weight is 458 g/mol. The van der Waals surface area contributed by atoms with E-state index in [1.807, 2.05) is 6.92 Å². The highest BCUT2D eigenvalue weighted by molar-refractivity contribution is 8.15. The number of amides is 1. The Balaban J connectivity index is 1.86. The maximum atomic E-state index is 12.8. The number of aromatic nitrogens is 2. The Bertz CT molecular complexity index is 1030. The Morgan fingerprint density at radius 1 is 1.27 bits per heavy atom. The largest absolute Gasteiger partial charge is 0.417 e. The molecule has 0 bridgehead atoms. The minimum absolute atomic E-state index is 0.154. The Hall–Kier alpha value is -2.33. The molecule has 1 amide bonds. The number of rotatable bonds is 3. The van der Waals surface area contributed by atoms with Crippen LogP contribution in [0.3, 0.4) is 0 Å². The molecule has 1 aliphatic heterocycles. The molecule has 1 atom stereocenters. The minimum Gasteiger partial charge on any atom is -0.378 e. The Labute approximate surface area is 180 Å². The molecule has 2 aromatic heterocycles. The van der Waals surface area contributed by atoms with Crippen LogP contribution in [0.1, 0.15) is 48.9 Å². The zero-order valence-electron chi connectivity index (χ0n) is 16.3. The molecule has 1 aliphatic rings. The molecule has 3 N–H and O–H groups in total. The number of carbonyl (C=O) groups is 1. The number of aliphatic imine (C=N–C) groups is 1. The summed E-state index contributed by atoms with van der Waals surface area (Å²) in [5, 5.41) is 2.65. The first-order chi connectivity index (χ1) is 13.8. The predicted octanol–water partition coefficient (Wildman–Crippen LogP) is 4.85. The zero-order valence-corrected chi connectivity index (χ0v) is 17.9. The summed E-state index contributed by atoms with van der Waals surface area (Å²) in [5.41, 5.74) is 4.94. The van der Waals surface area contributed by atoms with Crippen molar-refractivity contribution in [2.24, 2.45) is 10.7 Å². The molecule has 3 rings (SSSR count). The maximum absolute atomic E-state index is 12.8. The standard InChI is InChI=1S/C19H19ClF3N5OS/c1-17(2)9-18(3,28-16(24)30-17)13-7-11(4-5-25-13)27-15(29)14-12(20)6-10(8-26-14)19(21,22)23/h4-8H,9H2,1-3H3,(H2,24,28)(H,25,27,29)/t18-/m0/s1. The van der Waals surface area contributed by atoms with Crippen LogP contribution in [-0.4, -0.2) is 25.8 Å². The van der Waals surface area contributed by atoms with Crippen LogP contribution in [0.15, 0.2) is 35.6 Å². The van der Waals surface area contributed by atoms with Gasteiger partial charge in [-0.25, -0.2) is 9.98 Å². The lowest BCUT2D eigenvalue weighted by atomic mass is 9.87. The van der Waals surface area contributed by atoms with Gasteiger partial charge in [-0.15, -0.1) is 0 Å². The number of nitrogens with one attached hydrogen (secondary N) is 1. The van der Waals surface area contributed by atoms with Gasteiger partial charge in [-0.3, -0.25) is 9.78 Å². The summed E-state index contributed by atoms with van der Waals surface area (Å²) < 4.78 is 38.1. The van der Waals surface area contributed by atoms with Crippen LogP contribution < -0.4 is 11.1 Å². The monoisotopic (exact) mass is 457 g/mol. The molecular formula is C19H19ClF3N5OS. The molecule has 0 radical (unpaired) electrons. The van der Waals surface area contributed by atoms with Gasteiger partial charge < -0.3 is 11.1 Å². The molecule has 0 aliphatic carbocycles. The number of halogens is 4. The first-order valence-electron chi connectivity index (χ1n) is 8.84. The van der Waals surface area contributed by atoms with E-state index in [2.05, 4.69) is 34.1 Å². The highest BCUT2D eigenvalue weighted by Crippen LogP contribution is 2.44. The van der Waals surface area contributed by atoms with Crippen LogP contribution >= 0.6 is 23.4 Å². The number of nitrogens with two attached hydrogens (primary N) is 1. The van der Waals surface area contributed by atoms with Crippen LogP contribution in [-0.2, 0) is 11.7 Å². The van der Waals surface area contributed by atoms with E-state index in [1.54, 1.807) is 12.1 Å².